The van der Waals surface area contributed by atoms with Gasteiger partial charge in [-0.3, -0.25) is 0 Å². The van der Waals surface area contributed by atoms with Crippen molar-refractivity contribution >= 4 is 39.1 Å². The number of halogens is 2. The molecule has 0 heterocycles. The summed E-state index contributed by atoms with van der Waals surface area (Å²) in [5.41, 5.74) is 6.22. The number of rotatable bonds is 5. The van der Waals surface area contributed by atoms with E-state index in [-0.39, 0.29) is 5.84 Å². The van der Waals surface area contributed by atoms with Gasteiger partial charge < -0.3 is 16.3 Å². The zero-order valence-corrected chi connectivity index (χ0v) is 10.9. The zero-order chi connectivity index (χ0) is 12.0. The van der Waals surface area contributed by atoms with Crippen molar-refractivity contribution in [1.82, 2.24) is 0 Å². The van der Waals surface area contributed by atoms with E-state index in [0.29, 0.717) is 11.4 Å². The number of nitrogens with zero attached hydrogens (tertiary/aromatic N) is 1. The molecule has 88 valence electrons. The number of nitrogens with two attached hydrogens (primary N) is 1. The third kappa shape index (κ3) is 4.28. The fourth-order valence-corrected chi connectivity index (χ4v) is 1.92. The monoisotopic (exact) mass is 305 g/mol. The van der Waals surface area contributed by atoms with E-state index < -0.39 is 0 Å². The van der Waals surface area contributed by atoms with Gasteiger partial charge in [-0.1, -0.05) is 32.7 Å². The molecular formula is C10H13BrClN3O. The van der Waals surface area contributed by atoms with Crippen LogP contribution in [-0.2, 0) is 0 Å². The smallest absolute Gasteiger partial charge is 0.139 e. The molecule has 0 atom stereocenters. The van der Waals surface area contributed by atoms with Crippen molar-refractivity contribution in [3.05, 3.63) is 27.7 Å². The summed E-state index contributed by atoms with van der Waals surface area (Å²) in [4.78, 5) is 0. The van der Waals surface area contributed by atoms with Crippen LogP contribution in [0.3, 0.4) is 0 Å². The van der Waals surface area contributed by atoms with Crippen LogP contribution >= 0.6 is 27.5 Å². The summed E-state index contributed by atoms with van der Waals surface area (Å²) in [5, 5.41) is 15.1. The van der Waals surface area contributed by atoms with E-state index in [1.54, 1.807) is 0 Å². The Morgan fingerprint density at radius 2 is 2.31 bits per heavy atom. The lowest BCUT2D eigenvalue weighted by Gasteiger charge is -2.08. The molecule has 4 N–H and O–H groups in total. The van der Waals surface area contributed by atoms with Crippen LogP contribution < -0.4 is 11.1 Å². The Morgan fingerprint density at radius 1 is 1.56 bits per heavy atom. The van der Waals surface area contributed by atoms with Crippen molar-refractivity contribution in [2.45, 2.75) is 12.8 Å². The molecule has 6 heteroatoms. The predicted molar refractivity (Wildman–Crippen MR) is 70.3 cm³/mol. The molecule has 0 bridgehead atoms. The highest BCUT2D eigenvalue weighted by Gasteiger charge is 2.00. The molecule has 0 amide bonds. The Morgan fingerprint density at radius 3 is 2.94 bits per heavy atom. The average Bonchev–Trinajstić information content (AvgIpc) is 2.26. The van der Waals surface area contributed by atoms with E-state index in [1.807, 2.05) is 18.2 Å². The molecule has 0 aromatic heterocycles. The molecule has 16 heavy (non-hydrogen) atoms. The van der Waals surface area contributed by atoms with Gasteiger partial charge in [-0.25, -0.2) is 0 Å². The number of benzene rings is 1. The predicted octanol–water partition coefficient (Wildman–Crippen LogP) is 3.04. The van der Waals surface area contributed by atoms with Crippen LogP contribution in [0.5, 0.6) is 0 Å². The molecule has 0 saturated heterocycles. The second kappa shape index (κ2) is 6.60. The van der Waals surface area contributed by atoms with E-state index in [9.17, 15) is 0 Å². The molecule has 0 aliphatic rings. The molecule has 1 aromatic rings. The molecule has 0 saturated carbocycles. The van der Waals surface area contributed by atoms with Gasteiger partial charge in [0, 0.05) is 17.4 Å². The SMILES string of the molecule is NC(CCCNc1ccc(Br)cc1Cl)=NO. The maximum atomic E-state index is 8.34. The van der Waals surface area contributed by atoms with Crippen molar-refractivity contribution in [2.24, 2.45) is 10.9 Å². The highest BCUT2D eigenvalue weighted by atomic mass is 79.9. The van der Waals surface area contributed by atoms with Crippen LogP contribution in [0.1, 0.15) is 12.8 Å². The molecule has 0 unspecified atom stereocenters. The average molecular weight is 307 g/mol. The Hall–Kier alpha value is -0.940. The summed E-state index contributed by atoms with van der Waals surface area (Å²) in [6.45, 7) is 0.720. The Kier molecular flexibility index (Phi) is 5.42. The first-order valence-electron chi connectivity index (χ1n) is 4.79. The highest BCUT2D eigenvalue weighted by Crippen LogP contribution is 2.25. The molecule has 0 aliphatic carbocycles. The van der Waals surface area contributed by atoms with Crippen LogP contribution in [0, 0.1) is 0 Å². The van der Waals surface area contributed by atoms with Crippen LogP contribution in [0.2, 0.25) is 5.02 Å². The van der Waals surface area contributed by atoms with Gasteiger partial charge >= 0.3 is 0 Å². The molecule has 0 radical (unpaired) electrons. The fourth-order valence-electron chi connectivity index (χ4n) is 1.18. The third-order valence-corrected chi connectivity index (χ3v) is 2.79. The van der Waals surface area contributed by atoms with Gasteiger partial charge in [-0.05, 0) is 24.6 Å². The number of nitrogens with one attached hydrogen (secondary N) is 1. The number of hydrogen-bond donors (Lipinski definition) is 3. The second-order valence-electron chi connectivity index (χ2n) is 3.25. The minimum absolute atomic E-state index is 0.240. The van der Waals surface area contributed by atoms with Crippen molar-refractivity contribution < 1.29 is 5.21 Å². The lowest BCUT2D eigenvalue weighted by atomic mass is 10.2. The van der Waals surface area contributed by atoms with Gasteiger partial charge in [0.05, 0.1) is 10.7 Å². The van der Waals surface area contributed by atoms with Gasteiger partial charge in [-0.15, -0.1) is 0 Å². The van der Waals surface area contributed by atoms with Crippen LogP contribution in [-0.4, -0.2) is 17.6 Å². The third-order valence-electron chi connectivity index (χ3n) is 1.98. The van der Waals surface area contributed by atoms with Crippen molar-refractivity contribution in [3.8, 4) is 0 Å². The van der Waals surface area contributed by atoms with Gasteiger partial charge in [-0.2, -0.15) is 0 Å². The van der Waals surface area contributed by atoms with Crippen LogP contribution in [0.4, 0.5) is 5.69 Å². The molecule has 1 aromatic carbocycles. The lowest BCUT2D eigenvalue weighted by Crippen LogP contribution is -2.13. The van der Waals surface area contributed by atoms with E-state index in [1.165, 1.54) is 0 Å². The molecule has 0 aliphatic heterocycles. The molecular weight excluding hydrogens is 293 g/mol. The Balaban J connectivity index is 2.37. The maximum absolute atomic E-state index is 8.34. The van der Waals surface area contributed by atoms with Gasteiger partial charge in [0.25, 0.3) is 0 Å². The summed E-state index contributed by atoms with van der Waals surface area (Å²) in [7, 11) is 0. The van der Waals surface area contributed by atoms with Crippen LogP contribution in [0.15, 0.2) is 27.8 Å². The number of anilines is 1. The minimum Gasteiger partial charge on any atom is -0.409 e. The van der Waals surface area contributed by atoms with E-state index >= 15 is 0 Å². The number of amidine groups is 1. The Labute approximate surface area is 108 Å². The van der Waals surface area contributed by atoms with E-state index in [2.05, 4.69) is 26.4 Å². The minimum atomic E-state index is 0.240. The quantitative estimate of drug-likeness (QED) is 0.257. The summed E-state index contributed by atoms with van der Waals surface area (Å²) in [5.74, 6) is 0.240. The molecule has 4 nitrogen and oxygen atoms in total. The van der Waals surface area contributed by atoms with E-state index in [4.69, 9.17) is 22.5 Å². The molecule has 0 spiro atoms. The topological polar surface area (TPSA) is 70.6 Å². The van der Waals surface area contributed by atoms with Gasteiger partial charge in [0.15, 0.2) is 0 Å². The first-order valence-corrected chi connectivity index (χ1v) is 5.96. The summed E-state index contributed by atoms with van der Waals surface area (Å²) in [6.07, 6.45) is 1.33. The first kappa shape index (κ1) is 13.1. The van der Waals surface area contributed by atoms with Crippen LogP contribution in [0.25, 0.3) is 0 Å². The first-order chi connectivity index (χ1) is 7.63. The molecule has 1 rings (SSSR count). The van der Waals surface area contributed by atoms with Crippen molar-refractivity contribution in [2.75, 3.05) is 11.9 Å². The normalized spacial score (nSPS) is 11.5. The fraction of sp³-hybridized carbons (Fsp3) is 0.300. The van der Waals surface area contributed by atoms with Gasteiger partial charge in [0.2, 0.25) is 0 Å². The number of oxime groups is 1. The molecule has 0 fully saturated rings. The summed E-state index contributed by atoms with van der Waals surface area (Å²) >= 11 is 9.35. The lowest BCUT2D eigenvalue weighted by molar-refractivity contribution is 0.316. The zero-order valence-electron chi connectivity index (χ0n) is 8.58. The van der Waals surface area contributed by atoms with Crippen molar-refractivity contribution in [1.29, 1.82) is 0 Å². The summed E-state index contributed by atoms with van der Waals surface area (Å²) < 4.78 is 0.944. The van der Waals surface area contributed by atoms with Crippen molar-refractivity contribution in [3.63, 3.8) is 0 Å². The maximum Gasteiger partial charge on any atom is 0.139 e. The van der Waals surface area contributed by atoms with E-state index in [0.717, 1.165) is 23.1 Å². The summed E-state index contributed by atoms with van der Waals surface area (Å²) in [6, 6.07) is 5.64. The Bertz CT molecular complexity index is 384. The van der Waals surface area contributed by atoms with Gasteiger partial charge in [0.1, 0.15) is 5.84 Å². The standard InChI is InChI=1S/C10H13BrClN3O/c11-7-3-4-9(8(12)6-7)14-5-1-2-10(13)15-16/h3-4,6,14,16H,1-2,5H2,(H2,13,15). The number of hydrogen-bond acceptors (Lipinski definition) is 3. The largest absolute Gasteiger partial charge is 0.409 e. The second-order valence-corrected chi connectivity index (χ2v) is 4.57. The highest BCUT2D eigenvalue weighted by molar-refractivity contribution is 9.10.